The summed E-state index contributed by atoms with van der Waals surface area (Å²) in [5.74, 6) is 0. The van der Waals surface area contributed by atoms with E-state index >= 15 is 0 Å². The van der Waals surface area contributed by atoms with Crippen LogP contribution >= 0.6 is 0 Å². The van der Waals surface area contributed by atoms with Crippen molar-refractivity contribution in [3.8, 4) is 0 Å². The zero-order chi connectivity index (χ0) is 11.5. The molecule has 1 fully saturated rings. The Labute approximate surface area is 87.2 Å². The summed E-state index contributed by atoms with van der Waals surface area (Å²) >= 11 is 0. The first-order valence-corrected chi connectivity index (χ1v) is 4.92. The van der Waals surface area contributed by atoms with Crippen molar-refractivity contribution in [3.63, 3.8) is 0 Å². The highest BCUT2D eigenvalue weighted by Gasteiger charge is 2.24. The molecule has 82 valence electrons. The molecule has 0 saturated carbocycles. The van der Waals surface area contributed by atoms with Crippen LogP contribution in [-0.4, -0.2) is 54.7 Å². The fourth-order valence-corrected chi connectivity index (χ4v) is 1.26. The number of likely N-dealkylation sites (N-methyl/N-ethyl adjacent to an activating group) is 1. The minimum absolute atomic E-state index is 0.243. The summed E-state index contributed by atoms with van der Waals surface area (Å²) in [7, 11) is 0.308. The molecule has 0 aromatic rings. The largest absolute Gasteiger partial charge is 0.444 e. The van der Waals surface area contributed by atoms with Crippen molar-refractivity contribution in [2.75, 3.05) is 33.2 Å². The molecule has 1 aliphatic rings. The first-order valence-electron chi connectivity index (χ1n) is 5.62. The van der Waals surface area contributed by atoms with Gasteiger partial charge in [-0.3, -0.25) is 0 Å². The van der Waals surface area contributed by atoms with Crippen LogP contribution in [0.25, 0.3) is 0 Å². The molecular formula is C10H20N2O2. The molecule has 0 unspecified atom stereocenters. The fourth-order valence-electron chi connectivity index (χ4n) is 1.26. The average Bonchev–Trinajstić information content (AvgIpc) is 2.15. The molecule has 1 saturated heterocycles. The van der Waals surface area contributed by atoms with Crippen LogP contribution in [0.2, 0.25) is 0 Å². The van der Waals surface area contributed by atoms with E-state index < -0.39 is 5.60 Å². The van der Waals surface area contributed by atoms with Gasteiger partial charge in [-0.2, -0.15) is 0 Å². The van der Waals surface area contributed by atoms with Crippen LogP contribution in [0.15, 0.2) is 0 Å². The van der Waals surface area contributed by atoms with Gasteiger partial charge in [-0.1, -0.05) is 0 Å². The summed E-state index contributed by atoms with van der Waals surface area (Å²) in [6, 6.07) is 0. The SMILES string of the molecule is [2H]CN1CCN(C(=O)OC(C)(C)C)CC1. The van der Waals surface area contributed by atoms with Gasteiger partial charge in [0.15, 0.2) is 0 Å². The van der Waals surface area contributed by atoms with Crippen molar-refractivity contribution in [2.45, 2.75) is 26.4 Å². The monoisotopic (exact) mass is 201 g/mol. The molecule has 0 N–H and O–H groups in total. The van der Waals surface area contributed by atoms with E-state index in [-0.39, 0.29) is 6.09 Å². The number of amides is 1. The van der Waals surface area contributed by atoms with Gasteiger partial charge in [-0.05, 0) is 27.8 Å². The summed E-state index contributed by atoms with van der Waals surface area (Å²) in [6.45, 7) is 8.45. The van der Waals surface area contributed by atoms with Gasteiger partial charge >= 0.3 is 6.09 Å². The van der Waals surface area contributed by atoms with Crippen molar-refractivity contribution in [2.24, 2.45) is 0 Å². The minimum Gasteiger partial charge on any atom is -0.444 e. The lowest BCUT2D eigenvalue weighted by Crippen LogP contribution is -2.48. The van der Waals surface area contributed by atoms with E-state index in [0.29, 0.717) is 20.1 Å². The lowest BCUT2D eigenvalue weighted by molar-refractivity contribution is 0.0164. The number of hydrogen-bond donors (Lipinski definition) is 0. The minimum atomic E-state index is -0.427. The molecule has 1 rings (SSSR count). The number of nitrogens with zero attached hydrogens (tertiary/aromatic N) is 2. The number of carbonyl (C=O) groups excluding carboxylic acids is 1. The molecule has 4 nitrogen and oxygen atoms in total. The number of hydrogen-bond acceptors (Lipinski definition) is 3. The Balaban J connectivity index is 2.37. The van der Waals surface area contributed by atoms with Gasteiger partial charge in [0, 0.05) is 27.5 Å². The van der Waals surface area contributed by atoms with Crippen LogP contribution in [0.3, 0.4) is 0 Å². The van der Waals surface area contributed by atoms with Gasteiger partial charge in [-0.25, -0.2) is 4.79 Å². The third kappa shape index (κ3) is 3.54. The Morgan fingerprint density at radius 3 is 2.29 bits per heavy atom. The Morgan fingerprint density at radius 1 is 1.29 bits per heavy atom. The van der Waals surface area contributed by atoms with Crippen LogP contribution in [0.1, 0.15) is 22.1 Å². The topological polar surface area (TPSA) is 32.8 Å². The molecule has 4 heteroatoms. The Bertz CT molecular complexity index is 220. The van der Waals surface area contributed by atoms with E-state index in [1.54, 1.807) is 4.90 Å². The molecule has 14 heavy (non-hydrogen) atoms. The van der Waals surface area contributed by atoms with E-state index in [0.717, 1.165) is 13.1 Å². The van der Waals surface area contributed by atoms with Crippen LogP contribution in [0, 0.1) is 0 Å². The summed E-state index contributed by atoms with van der Waals surface area (Å²) in [5.41, 5.74) is -0.427. The predicted octanol–water partition coefficient (Wildman–Crippen LogP) is 1.17. The van der Waals surface area contributed by atoms with Gasteiger partial charge in [0.05, 0.1) is 0 Å². The number of carbonyl (C=O) groups is 1. The first kappa shape index (κ1) is 9.77. The molecule has 0 atom stereocenters. The second-order valence-corrected chi connectivity index (χ2v) is 4.59. The molecule has 0 spiro atoms. The molecule has 0 aromatic carbocycles. The van der Waals surface area contributed by atoms with Crippen molar-refractivity contribution < 1.29 is 10.9 Å². The lowest BCUT2D eigenvalue weighted by Gasteiger charge is -2.33. The van der Waals surface area contributed by atoms with Gasteiger partial charge in [0.25, 0.3) is 0 Å². The average molecular weight is 201 g/mol. The Hall–Kier alpha value is -0.770. The predicted molar refractivity (Wildman–Crippen MR) is 55.3 cm³/mol. The van der Waals surface area contributed by atoms with E-state index in [4.69, 9.17) is 6.11 Å². The molecule has 0 bridgehead atoms. The zero-order valence-corrected chi connectivity index (χ0v) is 9.25. The highest BCUT2D eigenvalue weighted by molar-refractivity contribution is 5.68. The summed E-state index contributed by atoms with van der Waals surface area (Å²) in [5, 5.41) is 0. The Morgan fingerprint density at radius 2 is 1.86 bits per heavy atom. The standard InChI is InChI=1S/C10H20N2O2/c1-10(2,3)14-9(13)12-7-5-11(4)6-8-12/h5-8H2,1-4H3/i4D. The van der Waals surface area contributed by atoms with E-state index in [1.165, 1.54) is 0 Å². The second kappa shape index (κ2) is 4.17. The lowest BCUT2D eigenvalue weighted by atomic mass is 10.2. The van der Waals surface area contributed by atoms with Crippen molar-refractivity contribution in [3.05, 3.63) is 0 Å². The summed E-state index contributed by atoms with van der Waals surface area (Å²) < 4.78 is 12.5. The van der Waals surface area contributed by atoms with Crippen LogP contribution in [0.5, 0.6) is 0 Å². The van der Waals surface area contributed by atoms with Crippen LogP contribution in [0.4, 0.5) is 4.79 Å². The van der Waals surface area contributed by atoms with E-state index in [9.17, 15) is 4.79 Å². The third-order valence-corrected chi connectivity index (χ3v) is 2.02. The van der Waals surface area contributed by atoms with Crippen molar-refractivity contribution >= 4 is 6.09 Å². The first-order chi connectivity index (χ1) is 6.92. The zero-order valence-electron chi connectivity index (χ0n) is 10.2. The van der Waals surface area contributed by atoms with Crippen LogP contribution in [-0.2, 0) is 4.74 Å². The maximum Gasteiger partial charge on any atom is 0.410 e. The fraction of sp³-hybridized carbons (Fsp3) is 0.900. The maximum absolute atomic E-state index is 11.6. The van der Waals surface area contributed by atoms with Crippen molar-refractivity contribution in [1.29, 1.82) is 0 Å². The van der Waals surface area contributed by atoms with Gasteiger partial charge < -0.3 is 14.5 Å². The third-order valence-electron chi connectivity index (χ3n) is 2.02. The molecule has 0 aliphatic carbocycles. The maximum atomic E-state index is 11.6. The van der Waals surface area contributed by atoms with Crippen LogP contribution < -0.4 is 0 Å². The van der Waals surface area contributed by atoms with Gasteiger partial charge in [0.1, 0.15) is 5.60 Å². The Kier molecular flexibility index (Phi) is 2.91. The summed E-state index contributed by atoms with van der Waals surface area (Å²) in [4.78, 5) is 15.4. The van der Waals surface area contributed by atoms with Gasteiger partial charge in [-0.15, -0.1) is 0 Å². The number of rotatable bonds is 0. The number of ether oxygens (including phenoxy) is 1. The second-order valence-electron chi connectivity index (χ2n) is 4.59. The highest BCUT2D eigenvalue weighted by atomic mass is 16.6. The summed E-state index contributed by atoms with van der Waals surface area (Å²) in [6.07, 6.45) is -0.243. The quantitative estimate of drug-likeness (QED) is 0.590. The smallest absolute Gasteiger partial charge is 0.410 e. The molecule has 1 aliphatic heterocycles. The molecular weight excluding hydrogens is 180 g/mol. The number of piperazine rings is 1. The van der Waals surface area contributed by atoms with Gasteiger partial charge in [0.2, 0.25) is 0 Å². The van der Waals surface area contributed by atoms with E-state index in [1.807, 2.05) is 25.7 Å². The normalized spacial score (nSPS) is 20.5. The van der Waals surface area contributed by atoms with E-state index in [2.05, 4.69) is 0 Å². The van der Waals surface area contributed by atoms with Crippen molar-refractivity contribution in [1.82, 2.24) is 9.80 Å². The molecule has 0 radical (unpaired) electrons. The highest BCUT2D eigenvalue weighted by Crippen LogP contribution is 2.11. The molecule has 0 aromatic heterocycles. The molecule has 1 amide bonds. The molecule has 1 heterocycles.